The first-order valence-electron chi connectivity index (χ1n) is 10.4. The predicted molar refractivity (Wildman–Crippen MR) is 104 cm³/mol. The van der Waals surface area contributed by atoms with Crippen molar-refractivity contribution in [2.45, 2.75) is 38.7 Å². The van der Waals surface area contributed by atoms with Gasteiger partial charge in [-0.3, -0.25) is 9.69 Å². The Bertz CT molecular complexity index is 663. The molecule has 29 heavy (non-hydrogen) atoms. The highest BCUT2D eigenvalue weighted by Crippen LogP contribution is 2.41. The van der Waals surface area contributed by atoms with Gasteiger partial charge in [-0.1, -0.05) is 0 Å². The Kier molecular flexibility index (Phi) is 7.13. The maximum absolute atomic E-state index is 12.9. The van der Waals surface area contributed by atoms with Gasteiger partial charge < -0.3 is 24.4 Å². The Balaban J connectivity index is 1.55. The third-order valence-corrected chi connectivity index (χ3v) is 5.79. The number of nitrogens with one attached hydrogen (secondary N) is 1. The maximum atomic E-state index is 12.9. The third kappa shape index (κ3) is 4.90. The van der Waals surface area contributed by atoms with Crippen molar-refractivity contribution in [3.05, 3.63) is 11.1 Å². The van der Waals surface area contributed by atoms with Crippen molar-refractivity contribution < 1.29 is 28.6 Å². The summed E-state index contributed by atoms with van der Waals surface area (Å²) in [5.74, 6) is -0.701. The lowest BCUT2D eigenvalue weighted by Gasteiger charge is -2.38. The van der Waals surface area contributed by atoms with Crippen molar-refractivity contribution >= 4 is 18.0 Å². The summed E-state index contributed by atoms with van der Waals surface area (Å²) in [7, 11) is 0. The van der Waals surface area contributed by atoms with Crippen LogP contribution in [0, 0.1) is 0 Å². The summed E-state index contributed by atoms with van der Waals surface area (Å²) in [6, 6.07) is 0. The van der Waals surface area contributed by atoms with Gasteiger partial charge >= 0.3 is 12.1 Å². The average Bonchev–Trinajstić information content (AvgIpc) is 2.96. The number of likely N-dealkylation sites (tertiary alicyclic amines) is 1. The molecule has 3 heterocycles. The average molecular weight is 409 g/mol. The number of amides is 2. The van der Waals surface area contributed by atoms with Crippen LogP contribution in [0.4, 0.5) is 4.79 Å². The second-order valence-electron chi connectivity index (χ2n) is 7.63. The minimum Gasteiger partial charge on any atom is -0.450 e. The summed E-state index contributed by atoms with van der Waals surface area (Å²) in [5, 5.41) is 2.95. The van der Waals surface area contributed by atoms with Crippen LogP contribution < -0.4 is 5.32 Å². The molecule has 0 unspecified atom stereocenters. The molecule has 3 rings (SSSR count). The number of rotatable bonds is 6. The quantitative estimate of drug-likeness (QED) is 0.509. The largest absolute Gasteiger partial charge is 0.450 e. The van der Waals surface area contributed by atoms with Crippen LogP contribution >= 0.6 is 0 Å². The molecule has 162 valence electrons. The van der Waals surface area contributed by atoms with E-state index < -0.39 is 11.6 Å². The highest BCUT2D eigenvalue weighted by atomic mass is 16.6. The Morgan fingerprint density at radius 1 is 1.17 bits per heavy atom. The number of hydrogen-bond donors (Lipinski definition) is 1. The molecule has 9 nitrogen and oxygen atoms in total. The van der Waals surface area contributed by atoms with Crippen LogP contribution in [0.15, 0.2) is 11.1 Å². The van der Waals surface area contributed by atoms with Gasteiger partial charge in [-0.25, -0.2) is 9.59 Å². The van der Waals surface area contributed by atoms with Crippen molar-refractivity contribution in [3.63, 3.8) is 0 Å². The fraction of sp³-hybridized carbons (Fsp3) is 0.750. The molecule has 1 spiro atoms. The summed E-state index contributed by atoms with van der Waals surface area (Å²) in [4.78, 5) is 41.0. The molecule has 2 amide bonds. The smallest absolute Gasteiger partial charge is 0.409 e. The van der Waals surface area contributed by atoms with Gasteiger partial charge in [0, 0.05) is 51.1 Å². The topological polar surface area (TPSA) is 97.4 Å². The molecule has 0 aromatic carbocycles. The summed E-state index contributed by atoms with van der Waals surface area (Å²) in [6.45, 7) is 9.25. The fourth-order valence-corrected chi connectivity index (χ4v) is 4.16. The number of carbonyl (C=O) groups is 3. The Labute approximate surface area is 171 Å². The summed E-state index contributed by atoms with van der Waals surface area (Å²) < 4.78 is 16.0. The number of ether oxygens (including phenoxy) is 3. The molecule has 0 aliphatic carbocycles. The first-order chi connectivity index (χ1) is 14.0. The van der Waals surface area contributed by atoms with Gasteiger partial charge in [-0.2, -0.15) is 0 Å². The first-order valence-corrected chi connectivity index (χ1v) is 10.4. The van der Waals surface area contributed by atoms with Crippen LogP contribution in [0.1, 0.15) is 33.1 Å². The van der Waals surface area contributed by atoms with Gasteiger partial charge in [0.1, 0.15) is 5.60 Å². The molecular formula is C20H31N3O6. The number of nitrogens with zero attached hydrogens (tertiary/aromatic N) is 2. The van der Waals surface area contributed by atoms with Gasteiger partial charge in [0.05, 0.1) is 25.4 Å². The lowest BCUT2D eigenvalue weighted by molar-refractivity contribution is -0.150. The molecule has 0 aromatic heterocycles. The molecule has 0 atom stereocenters. The minimum atomic E-state index is -0.946. The van der Waals surface area contributed by atoms with Crippen molar-refractivity contribution in [1.29, 1.82) is 0 Å². The van der Waals surface area contributed by atoms with E-state index in [2.05, 4.69) is 10.2 Å². The Hall–Kier alpha value is -2.13. The summed E-state index contributed by atoms with van der Waals surface area (Å²) in [6.07, 6.45) is 1.24. The van der Waals surface area contributed by atoms with Gasteiger partial charge in [0.25, 0.3) is 5.91 Å². The van der Waals surface area contributed by atoms with Crippen molar-refractivity contribution in [3.8, 4) is 0 Å². The highest BCUT2D eigenvalue weighted by molar-refractivity contribution is 6.07. The van der Waals surface area contributed by atoms with Crippen LogP contribution in [0.3, 0.4) is 0 Å². The lowest BCUT2D eigenvalue weighted by Crippen LogP contribution is -2.50. The monoisotopic (exact) mass is 409 g/mol. The molecule has 0 saturated carbocycles. The maximum Gasteiger partial charge on any atom is 0.409 e. The summed E-state index contributed by atoms with van der Waals surface area (Å²) in [5.41, 5.74) is -0.170. The van der Waals surface area contributed by atoms with Gasteiger partial charge in [-0.05, 0) is 26.8 Å². The molecule has 0 radical (unpaired) electrons. The van der Waals surface area contributed by atoms with E-state index in [4.69, 9.17) is 14.2 Å². The van der Waals surface area contributed by atoms with E-state index in [1.165, 1.54) is 0 Å². The lowest BCUT2D eigenvalue weighted by atomic mass is 9.83. The second-order valence-corrected chi connectivity index (χ2v) is 7.63. The standard InChI is InChI=1S/C20H31N3O6/c1-3-28-19(26)23-9-5-20(6-10-23)16(15(2)18(25)29-20)17(24)21-7-4-8-22-11-13-27-14-12-22/h3-14H2,1-2H3,(H,21,24). The van der Waals surface area contributed by atoms with Crippen LogP contribution in [-0.4, -0.2) is 92.5 Å². The number of esters is 1. The zero-order chi connectivity index (χ0) is 20.9. The number of hydrogen-bond acceptors (Lipinski definition) is 7. The number of carbonyl (C=O) groups excluding carboxylic acids is 3. The normalized spacial score (nSPS) is 22.0. The van der Waals surface area contributed by atoms with Crippen molar-refractivity contribution in [2.24, 2.45) is 0 Å². The Morgan fingerprint density at radius 3 is 2.52 bits per heavy atom. The molecule has 3 aliphatic heterocycles. The minimum absolute atomic E-state index is 0.250. The van der Waals surface area contributed by atoms with Gasteiger partial charge in [0.2, 0.25) is 0 Å². The van der Waals surface area contributed by atoms with Crippen LogP contribution in [-0.2, 0) is 23.8 Å². The molecule has 0 bridgehead atoms. The zero-order valence-corrected chi connectivity index (χ0v) is 17.3. The predicted octanol–water partition coefficient (Wildman–Crippen LogP) is 0.689. The van der Waals surface area contributed by atoms with E-state index in [1.54, 1.807) is 18.7 Å². The van der Waals surface area contributed by atoms with E-state index in [0.29, 0.717) is 50.2 Å². The number of morpholine rings is 1. The molecular weight excluding hydrogens is 378 g/mol. The molecule has 0 aromatic rings. The van der Waals surface area contributed by atoms with Gasteiger partial charge in [-0.15, -0.1) is 0 Å². The Morgan fingerprint density at radius 2 is 1.86 bits per heavy atom. The first kappa shape index (κ1) is 21.6. The fourth-order valence-electron chi connectivity index (χ4n) is 4.16. The van der Waals surface area contributed by atoms with E-state index in [9.17, 15) is 14.4 Å². The third-order valence-electron chi connectivity index (χ3n) is 5.79. The van der Waals surface area contributed by atoms with Crippen LogP contribution in [0.2, 0.25) is 0 Å². The second kappa shape index (κ2) is 9.58. The molecule has 3 aliphatic rings. The van der Waals surface area contributed by atoms with E-state index >= 15 is 0 Å². The number of piperidine rings is 1. The van der Waals surface area contributed by atoms with E-state index in [-0.39, 0.29) is 12.0 Å². The van der Waals surface area contributed by atoms with Gasteiger partial charge in [0.15, 0.2) is 0 Å². The molecule has 2 saturated heterocycles. The highest BCUT2D eigenvalue weighted by Gasteiger charge is 2.51. The van der Waals surface area contributed by atoms with Crippen LogP contribution in [0.5, 0.6) is 0 Å². The van der Waals surface area contributed by atoms with E-state index in [0.717, 1.165) is 39.3 Å². The molecule has 2 fully saturated rings. The van der Waals surface area contributed by atoms with Crippen LogP contribution in [0.25, 0.3) is 0 Å². The van der Waals surface area contributed by atoms with Crippen molar-refractivity contribution in [2.75, 3.05) is 59.1 Å². The SMILES string of the molecule is CCOC(=O)N1CCC2(CC1)OC(=O)C(C)=C2C(=O)NCCCN1CCOCC1. The van der Waals surface area contributed by atoms with E-state index in [1.807, 2.05) is 0 Å². The van der Waals surface area contributed by atoms with Crippen molar-refractivity contribution in [1.82, 2.24) is 15.1 Å². The molecule has 1 N–H and O–H groups in total. The molecule has 9 heteroatoms. The zero-order valence-electron chi connectivity index (χ0n) is 17.3. The summed E-state index contributed by atoms with van der Waals surface area (Å²) >= 11 is 0.